The van der Waals surface area contributed by atoms with Gasteiger partial charge in [-0.25, -0.2) is 4.79 Å². The number of nitrogens with zero attached hydrogens (tertiary/aromatic N) is 1. The van der Waals surface area contributed by atoms with Crippen molar-refractivity contribution in [2.45, 2.75) is 34.2 Å². The maximum absolute atomic E-state index is 12.0. The zero-order valence-electron chi connectivity index (χ0n) is 26.6. The van der Waals surface area contributed by atoms with Crippen LogP contribution in [0.3, 0.4) is 0 Å². The molecule has 2 aliphatic rings. The summed E-state index contributed by atoms with van der Waals surface area (Å²) in [5, 5.41) is 20.6. The van der Waals surface area contributed by atoms with E-state index in [9.17, 15) is 9.59 Å². The van der Waals surface area contributed by atoms with Crippen LogP contribution in [0.4, 0.5) is 0 Å². The van der Waals surface area contributed by atoms with Gasteiger partial charge in [0.1, 0.15) is 12.5 Å². The van der Waals surface area contributed by atoms with Gasteiger partial charge >= 0.3 is 5.97 Å². The van der Waals surface area contributed by atoms with Crippen LogP contribution < -0.4 is 21.3 Å². The minimum absolute atomic E-state index is 0.0806. The van der Waals surface area contributed by atoms with E-state index < -0.39 is 0 Å². The summed E-state index contributed by atoms with van der Waals surface area (Å²) in [5.74, 6) is 0.349. The van der Waals surface area contributed by atoms with E-state index in [1.54, 1.807) is 0 Å². The number of cyclic esters (lactones) is 1. The zero-order valence-corrected chi connectivity index (χ0v) is 26.6. The summed E-state index contributed by atoms with van der Waals surface area (Å²) in [7, 11) is 3.70. The van der Waals surface area contributed by atoms with Gasteiger partial charge in [-0.15, -0.1) is 0 Å². The van der Waals surface area contributed by atoms with Gasteiger partial charge in [0, 0.05) is 45.5 Å². The Hall–Kier alpha value is -4.41. The molecule has 43 heavy (non-hydrogen) atoms. The number of aliphatic hydroxyl groups excluding tert-OH is 1. The lowest BCUT2D eigenvalue weighted by Gasteiger charge is -2.23. The summed E-state index contributed by atoms with van der Waals surface area (Å²) in [6.45, 7) is 17.4. The molecule has 2 heterocycles. The molecule has 1 amide bonds. The Labute approximate surface area is 258 Å². The third kappa shape index (κ3) is 20.2. The van der Waals surface area contributed by atoms with Crippen molar-refractivity contribution < 1.29 is 24.2 Å². The number of hydrogen-bond acceptors (Lipinski definition) is 9. The molecule has 238 valence electrons. The molecule has 0 atom stereocenters. The second kappa shape index (κ2) is 27.7. The molecular formula is C33H51N5O5. The zero-order chi connectivity index (χ0) is 32.9. The SMILES string of the molecule is C=C(/C=C\C=C(\C)CO)NC.C=O.CC.CCN(CCNC)C(=O)C1=CC=CCN1.O=C1C=C(NCc2ccccc2)O1. The Morgan fingerprint density at radius 2 is 1.84 bits per heavy atom. The fourth-order valence-electron chi connectivity index (χ4n) is 2.98. The number of aliphatic hydroxyl groups is 1. The summed E-state index contributed by atoms with van der Waals surface area (Å²) in [6.07, 6.45) is 12.7. The predicted octanol–water partition coefficient (Wildman–Crippen LogP) is 3.33. The molecule has 1 aromatic rings. The molecule has 10 heteroatoms. The van der Waals surface area contributed by atoms with E-state index in [-0.39, 0.29) is 18.5 Å². The Morgan fingerprint density at radius 3 is 2.33 bits per heavy atom. The van der Waals surface area contributed by atoms with Crippen LogP contribution in [-0.4, -0.2) is 75.6 Å². The molecule has 1 aromatic carbocycles. The van der Waals surface area contributed by atoms with Gasteiger partial charge in [0.05, 0.1) is 12.7 Å². The normalized spacial score (nSPS) is 12.6. The van der Waals surface area contributed by atoms with Crippen LogP contribution in [0.15, 0.2) is 102 Å². The number of amides is 1. The topological polar surface area (TPSA) is 132 Å². The molecule has 0 saturated heterocycles. The molecule has 0 saturated carbocycles. The Morgan fingerprint density at radius 1 is 1.19 bits per heavy atom. The van der Waals surface area contributed by atoms with Gasteiger partial charge in [0.15, 0.2) is 0 Å². The molecule has 0 spiro atoms. The summed E-state index contributed by atoms with van der Waals surface area (Å²) < 4.78 is 4.67. The summed E-state index contributed by atoms with van der Waals surface area (Å²) in [4.78, 5) is 32.2. The van der Waals surface area contributed by atoms with Crippen LogP contribution in [0.1, 0.15) is 33.3 Å². The number of ether oxygens (including phenoxy) is 1. The lowest BCUT2D eigenvalue weighted by atomic mass is 10.2. The van der Waals surface area contributed by atoms with Crippen molar-refractivity contribution in [3.8, 4) is 0 Å². The van der Waals surface area contributed by atoms with E-state index in [4.69, 9.17) is 9.90 Å². The van der Waals surface area contributed by atoms with Crippen molar-refractivity contribution in [2.75, 3.05) is 46.9 Å². The number of dihydropyridines is 1. The molecule has 3 rings (SSSR count). The highest BCUT2D eigenvalue weighted by Gasteiger charge is 2.16. The Balaban J connectivity index is 0. The molecule has 0 radical (unpaired) electrons. The van der Waals surface area contributed by atoms with Gasteiger partial charge in [0.2, 0.25) is 5.88 Å². The number of hydrogen-bond donors (Lipinski definition) is 5. The second-order valence-corrected chi connectivity index (χ2v) is 8.45. The van der Waals surface area contributed by atoms with Gasteiger partial charge in [0.25, 0.3) is 5.91 Å². The third-order valence-corrected chi connectivity index (χ3v) is 5.36. The number of carbonyl (C=O) groups excluding carboxylic acids is 3. The average molecular weight is 598 g/mol. The highest BCUT2D eigenvalue weighted by molar-refractivity contribution is 5.93. The van der Waals surface area contributed by atoms with Crippen molar-refractivity contribution in [2.24, 2.45) is 0 Å². The maximum atomic E-state index is 12.0. The van der Waals surface area contributed by atoms with E-state index >= 15 is 0 Å². The summed E-state index contributed by atoms with van der Waals surface area (Å²) in [5.41, 5.74) is 3.64. The van der Waals surface area contributed by atoms with E-state index in [1.165, 1.54) is 6.08 Å². The van der Waals surface area contributed by atoms with Crippen LogP contribution in [-0.2, 0) is 25.7 Å². The number of benzene rings is 1. The quantitative estimate of drug-likeness (QED) is 0.182. The van der Waals surface area contributed by atoms with Gasteiger partial charge in [-0.2, -0.15) is 0 Å². The fraction of sp³-hybridized carbons (Fsp3) is 0.364. The minimum atomic E-state index is -0.282. The smallest absolute Gasteiger partial charge is 0.342 e. The van der Waals surface area contributed by atoms with Crippen LogP contribution in [0.2, 0.25) is 0 Å². The number of rotatable bonds is 12. The van der Waals surface area contributed by atoms with Gasteiger partial charge in [-0.3, -0.25) is 4.79 Å². The van der Waals surface area contributed by atoms with Gasteiger partial charge in [-0.05, 0) is 44.2 Å². The van der Waals surface area contributed by atoms with Crippen LogP contribution >= 0.6 is 0 Å². The molecule has 10 nitrogen and oxygen atoms in total. The third-order valence-electron chi connectivity index (χ3n) is 5.36. The Bertz CT molecular complexity index is 1080. The van der Waals surface area contributed by atoms with E-state index in [0.717, 1.165) is 43.0 Å². The predicted molar refractivity (Wildman–Crippen MR) is 176 cm³/mol. The molecule has 0 bridgehead atoms. The van der Waals surface area contributed by atoms with E-state index in [0.29, 0.717) is 18.1 Å². The first-order valence-electron chi connectivity index (χ1n) is 14.2. The number of carbonyl (C=O) groups is 3. The minimum Gasteiger partial charge on any atom is -0.406 e. The van der Waals surface area contributed by atoms with Crippen LogP contribution in [0.5, 0.6) is 0 Å². The highest BCUT2D eigenvalue weighted by Crippen LogP contribution is 2.07. The number of nitrogens with one attached hydrogen (secondary N) is 4. The molecule has 0 aliphatic carbocycles. The standard InChI is InChI=1S/C11H19N3O.C10H9NO2.C9H15NO.C2H6.CH2O/c1-3-14(9-8-12-2)11(15)10-6-4-5-7-13-10;12-10-6-9(13-10)11-7-8-4-2-1-3-5-8;1-8(7-11)5-4-6-9(2)10-3;2*1-2/h4-6,12-13H,3,7-9H2,1-2H3;1-6,11H,7H2;4-6,10-11H,2,7H2,1,3H3;1-2H3;1H2/b;;6-4-,8-5-;;. The first-order chi connectivity index (χ1) is 20.8. The monoisotopic (exact) mass is 597 g/mol. The molecule has 0 unspecified atom stereocenters. The van der Waals surface area contributed by atoms with Crippen LogP contribution in [0.25, 0.3) is 0 Å². The summed E-state index contributed by atoms with van der Waals surface area (Å²) in [6, 6.07) is 9.92. The lowest BCUT2D eigenvalue weighted by molar-refractivity contribution is -0.139. The van der Waals surface area contributed by atoms with Crippen LogP contribution in [0, 0.1) is 0 Å². The molecule has 2 aliphatic heterocycles. The molecule has 0 fully saturated rings. The van der Waals surface area contributed by atoms with Gasteiger partial charge in [-0.1, -0.05) is 75.1 Å². The van der Waals surface area contributed by atoms with Crippen molar-refractivity contribution in [1.29, 1.82) is 0 Å². The maximum Gasteiger partial charge on any atom is 0.342 e. The average Bonchev–Trinajstić information content (AvgIpc) is 3.06. The van der Waals surface area contributed by atoms with Crippen molar-refractivity contribution in [1.82, 2.24) is 26.2 Å². The van der Waals surface area contributed by atoms with Crippen molar-refractivity contribution in [3.63, 3.8) is 0 Å². The first-order valence-corrected chi connectivity index (χ1v) is 14.2. The molecule has 0 aromatic heterocycles. The first kappa shape index (κ1) is 40.7. The molecule has 5 N–H and O–H groups in total. The van der Waals surface area contributed by atoms with E-state index in [2.05, 4.69) is 32.6 Å². The van der Waals surface area contributed by atoms with E-state index in [1.807, 2.05) is 120 Å². The van der Waals surface area contributed by atoms with Crippen molar-refractivity contribution in [3.05, 3.63) is 108 Å². The summed E-state index contributed by atoms with van der Waals surface area (Å²) >= 11 is 0. The second-order valence-electron chi connectivity index (χ2n) is 8.45. The Kier molecular flexibility index (Phi) is 26.3. The molecular weight excluding hydrogens is 546 g/mol. The fourth-order valence-corrected chi connectivity index (χ4v) is 2.98. The highest BCUT2D eigenvalue weighted by atomic mass is 16.6. The lowest BCUT2D eigenvalue weighted by Crippen LogP contribution is -2.40. The number of likely N-dealkylation sites (N-methyl/N-ethyl adjacent to an activating group) is 3. The largest absolute Gasteiger partial charge is 0.406 e. The van der Waals surface area contributed by atoms with Crippen molar-refractivity contribution >= 4 is 18.7 Å². The van der Waals surface area contributed by atoms with Gasteiger partial charge < -0.3 is 40.8 Å². The number of allylic oxidation sites excluding steroid dienone is 5. The number of esters is 1.